The lowest BCUT2D eigenvalue weighted by Crippen LogP contribution is -1.85. The highest BCUT2D eigenvalue weighted by atomic mass is 127. The SMILES string of the molecule is Cc1occc1Sc1ncc(I)cn1. The Balaban J connectivity index is 2.19. The summed E-state index contributed by atoms with van der Waals surface area (Å²) >= 11 is 3.69. The Morgan fingerprint density at radius 3 is 2.64 bits per heavy atom. The van der Waals surface area contributed by atoms with E-state index in [1.165, 1.54) is 11.8 Å². The number of halogens is 1. The highest BCUT2D eigenvalue weighted by Crippen LogP contribution is 2.27. The molecule has 0 unspecified atom stereocenters. The Bertz CT molecular complexity index is 427. The molecular formula is C9H7IN2OS. The van der Waals surface area contributed by atoms with Crippen LogP contribution in [0.4, 0.5) is 0 Å². The van der Waals surface area contributed by atoms with E-state index < -0.39 is 0 Å². The summed E-state index contributed by atoms with van der Waals surface area (Å²) in [5.74, 6) is 0.900. The van der Waals surface area contributed by atoms with E-state index in [2.05, 4.69) is 32.6 Å². The number of aryl methyl sites for hydroxylation is 1. The first kappa shape index (κ1) is 9.97. The first-order valence-electron chi connectivity index (χ1n) is 3.95. The normalized spacial score (nSPS) is 10.4. The summed E-state index contributed by atoms with van der Waals surface area (Å²) in [6.45, 7) is 1.93. The van der Waals surface area contributed by atoms with Crippen LogP contribution in [0.3, 0.4) is 0 Å². The maximum absolute atomic E-state index is 5.18. The van der Waals surface area contributed by atoms with Gasteiger partial charge in [0, 0.05) is 16.0 Å². The van der Waals surface area contributed by atoms with Gasteiger partial charge in [0.25, 0.3) is 0 Å². The van der Waals surface area contributed by atoms with E-state index in [9.17, 15) is 0 Å². The van der Waals surface area contributed by atoms with Gasteiger partial charge in [0.1, 0.15) is 5.76 Å². The molecule has 2 aromatic rings. The number of hydrogen-bond donors (Lipinski definition) is 0. The standard InChI is InChI=1S/C9H7IN2OS/c1-6-8(2-3-13-6)14-9-11-4-7(10)5-12-9/h2-5H,1H3. The van der Waals surface area contributed by atoms with E-state index in [-0.39, 0.29) is 0 Å². The molecule has 0 fully saturated rings. The van der Waals surface area contributed by atoms with Crippen LogP contribution < -0.4 is 0 Å². The van der Waals surface area contributed by atoms with Crippen LogP contribution in [0.2, 0.25) is 0 Å². The average Bonchev–Trinajstić information content (AvgIpc) is 2.56. The molecule has 0 amide bonds. The second-order valence-corrected chi connectivity index (χ2v) is 4.88. The second-order valence-electron chi connectivity index (χ2n) is 2.63. The van der Waals surface area contributed by atoms with Crippen molar-refractivity contribution in [3.8, 4) is 0 Å². The van der Waals surface area contributed by atoms with Crippen LogP contribution >= 0.6 is 34.4 Å². The number of hydrogen-bond acceptors (Lipinski definition) is 4. The predicted octanol–water partition coefficient (Wildman–Crippen LogP) is 3.13. The lowest BCUT2D eigenvalue weighted by atomic mass is 10.5. The van der Waals surface area contributed by atoms with Gasteiger partial charge in [-0.05, 0) is 47.3 Å². The molecule has 5 heteroatoms. The van der Waals surface area contributed by atoms with E-state index in [0.717, 1.165) is 19.4 Å². The summed E-state index contributed by atoms with van der Waals surface area (Å²) in [5.41, 5.74) is 0. The first-order valence-corrected chi connectivity index (χ1v) is 5.85. The topological polar surface area (TPSA) is 38.9 Å². The third-order valence-electron chi connectivity index (χ3n) is 1.61. The molecule has 0 aromatic carbocycles. The zero-order chi connectivity index (χ0) is 9.97. The van der Waals surface area contributed by atoms with Gasteiger partial charge >= 0.3 is 0 Å². The third-order valence-corrected chi connectivity index (χ3v) is 3.20. The van der Waals surface area contributed by atoms with Gasteiger partial charge in [0.05, 0.1) is 11.2 Å². The zero-order valence-corrected chi connectivity index (χ0v) is 10.4. The van der Waals surface area contributed by atoms with Gasteiger partial charge in [-0.3, -0.25) is 0 Å². The van der Waals surface area contributed by atoms with E-state index in [1.807, 2.05) is 13.0 Å². The summed E-state index contributed by atoms with van der Waals surface area (Å²) in [7, 11) is 0. The molecule has 0 aliphatic carbocycles. The molecule has 3 nitrogen and oxygen atoms in total. The highest BCUT2D eigenvalue weighted by molar-refractivity contribution is 14.1. The number of nitrogens with zero attached hydrogens (tertiary/aromatic N) is 2. The van der Waals surface area contributed by atoms with E-state index >= 15 is 0 Å². The molecule has 0 aliphatic heterocycles. The van der Waals surface area contributed by atoms with Crippen LogP contribution in [0.25, 0.3) is 0 Å². The van der Waals surface area contributed by atoms with Crippen molar-refractivity contribution in [3.63, 3.8) is 0 Å². The minimum absolute atomic E-state index is 0.745. The van der Waals surface area contributed by atoms with Crippen molar-refractivity contribution in [3.05, 3.63) is 34.1 Å². The summed E-state index contributed by atoms with van der Waals surface area (Å²) in [4.78, 5) is 9.46. The summed E-state index contributed by atoms with van der Waals surface area (Å²) in [6, 6.07) is 1.92. The predicted molar refractivity (Wildman–Crippen MR) is 62.3 cm³/mol. The Kier molecular flexibility index (Phi) is 3.07. The molecule has 0 N–H and O–H groups in total. The van der Waals surface area contributed by atoms with Crippen LogP contribution in [0.1, 0.15) is 5.76 Å². The maximum Gasteiger partial charge on any atom is 0.192 e. The molecule has 72 valence electrons. The lowest BCUT2D eigenvalue weighted by Gasteiger charge is -1.97. The Morgan fingerprint density at radius 2 is 2.07 bits per heavy atom. The van der Waals surface area contributed by atoms with Crippen LogP contribution in [0.15, 0.2) is 39.2 Å². The molecule has 2 aromatic heterocycles. The van der Waals surface area contributed by atoms with Gasteiger partial charge in [0.15, 0.2) is 5.16 Å². The van der Waals surface area contributed by atoms with Gasteiger partial charge in [-0.2, -0.15) is 0 Å². The largest absolute Gasteiger partial charge is 0.468 e. The second kappa shape index (κ2) is 4.31. The molecule has 0 radical (unpaired) electrons. The molecule has 2 rings (SSSR count). The average molecular weight is 318 g/mol. The fourth-order valence-corrected chi connectivity index (χ4v) is 1.93. The minimum atomic E-state index is 0.745. The molecule has 0 atom stereocenters. The van der Waals surface area contributed by atoms with E-state index in [4.69, 9.17) is 4.42 Å². The third kappa shape index (κ3) is 2.27. The fourth-order valence-electron chi connectivity index (χ4n) is 0.931. The van der Waals surface area contributed by atoms with Crippen molar-refractivity contribution >= 4 is 34.4 Å². The van der Waals surface area contributed by atoms with Gasteiger partial charge < -0.3 is 4.42 Å². The molecule has 0 saturated carbocycles. The minimum Gasteiger partial charge on any atom is -0.468 e. The van der Waals surface area contributed by atoms with Crippen molar-refractivity contribution in [2.24, 2.45) is 0 Å². The van der Waals surface area contributed by atoms with Crippen LogP contribution in [0, 0.1) is 10.5 Å². The van der Waals surface area contributed by atoms with Crippen molar-refractivity contribution in [1.29, 1.82) is 0 Å². The molecule has 0 spiro atoms. The zero-order valence-electron chi connectivity index (χ0n) is 7.40. The summed E-state index contributed by atoms with van der Waals surface area (Å²) in [5, 5.41) is 0.745. The first-order chi connectivity index (χ1) is 6.75. The monoisotopic (exact) mass is 318 g/mol. The molecule has 0 aliphatic rings. The van der Waals surface area contributed by atoms with E-state index in [1.54, 1.807) is 18.7 Å². The summed E-state index contributed by atoms with van der Waals surface area (Å²) in [6.07, 6.45) is 5.26. The lowest BCUT2D eigenvalue weighted by molar-refractivity contribution is 0.527. The number of aromatic nitrogens is 2. The van der Waals surface area contributed by atoms with Gasteiger partial charge in [0.2, 0.25) is 0 Å². The summed E-state index contributed by atoms with van der Waals surface area (Å²) < 4.78 is 6.22. The fraction of sp³-hybridized carbons (Fsp3) is 0.111. The van der Waals surface area contributed by atoms with Crippen molar-refractivity contribution in [1.82, 2.24) is 9.97 Å². The van der Waals surface area contributed by atoms with Gasteiger partial charge in [-0.25, -0.2) is 9.97 Å². The van der Waals surface area contributed by atoms with Crippen molar-refractivity contribution in [2.75, 3.05) is 0 Å². The molecular weight excluding hydrogens is 311 g/mol. The van der Waals surface area contributed by atoms with E-state index in [0.29, 0.717) is 0 Å². The van der Waals surface area contributed by atoms with Gasteiger partial charge in [-0.1, -0.05) is 0 Å². The molecule has 2 heterocycles. The molecule has 14 heavy (non-hydrogen) atoms. The van der Waals surface area contributed by atoms with Crippen LogP contribution in [0.5, 0.6) is 0 Å². The van der Waals surface area contributed by atoms with Crippen LogP contribution in [-0.2, 0) is 0 Å². The Labute approximate surface area is 99.5 Å². The molecule has 0 saturated heterocycles. The smallest absolute Gasteiger partial charge is 0.192 e. The maximum atomic E-state index is 5.18. The quantitative estimate of drug-likeness (QED) is 0.630. The van der Waals surface area contributed by atoms with Crippen molar-refractivity contribution in [2.45, 2.75) is 17.0 Å². The highest BCUT2D eigenvalue weighted by Gasteiger charge is 2.05. The van der Waals surface area contributed by atoms with Crippen molar-refractivity contribution < 1.29 is 4.42 Å². The number of rotatable bonds is 2. The number of furan rings is 1. The van der Waals surface area contributed by atoms with Gasteiger partial charge in [-0.15, -0.1) is 0 Å². The molecule has 0 bridgehead atoms. The van der Waals surface area contributed by atoms with Crippen LogP contribution in [-0.4, -0.2) is 9.97 Å². The Hall–Kier alpha value is -0.560. The Morgan fingerprint density at radius 1 is 1.36 bits per heavy atom.